The molecule has 106 valence electrons. The molecular weight excluding hydrogens is 267 g/mol. The van der Waals surface area contributed by atoms with Crippen LogP contribution in [-0.4, -0.2) is 7.11 Å². The summed E-state index contributed by atoms with van der Waals surface area (Å²) in [6.45, 7) is 8.05. The number of benzene rings is 2. The molecule has 2 nitrogen and oxygen atoms in total. The fourth-order valence-electron chi connectivity index (χ4n) is 2.60. The largest absolute Gasteiger partial charge is 0.325 e. The zero-order valence-corrected chi connectivity index (χ0v) is 13.6. The standard InChI is InChI=1S/C17H21O2P/c1-12-6-13(2)9-16(8-12)20(18,19-5)17-10-14(3)7-15(4)11-17/h6-11H,1-5H3. The van der Waals surface area contributed by atoms with E-state index >= 15 is 0 Å². The first-order chi connectivity index (χ1) is 9.35. The SMILES string of the molecule is COP(=O)(c1cc(C)cc(C)c1)c1cc(C)cc(C)c1. The minimum Gasteiger partial charge on any atom is -0.325 e. The molecule has 0 aromatic heterocycles. The van der Waals surface area contributed by atoms with E-state index in [1.807, 2.05) is 52.0 Å². The first-order valence-electron chi connectivity index (χ1n) is 6.68. The van der Waals surface area contributed by atoms with Gasteiger partial charge in [0.2, 0.25) is 0 Å². The molecular formula is C17H21O2P. The van der Waals surface area contributed by atoms with E-state index in [-0.39, 0.29) is 0 Å². The Morgan fingerprint density at radius 1 is 0.700 bits per heavy atom. The minimum absolute atomic E-state index is 0.766. The summed E-state index contributed by atoms with van der Waals surface area (Å²) < 4.78 is 18.9. The zero-order chi connectivity index (χ0) is 14.9. The van der Waals surface area contributed by atoms with E-state index in [1.165, 1.54) is 7.11 Å². The molecule has 0 saturated heterocycles. The average molecular weight is 288 g/mol. The fourth-order valence-corrected chi connectivity index (χ4v) is 4.82. The van der Waals surface area contributed by atoms with Gasteiger partial charge in [-0.2, -0.15) is 0 Å². The molecule has 0 radical (unpaired) electrons. The zero-order valence-electron chi connectivity index (χ0n) is 12.7. The second-order valence-corrected chi connectivity index (χ2v) is 7.93. The van der Waals surface area contributed by atoms with E-state index in [9.17, 15) is 4.57 Å². The Bertz CT molecular complexity index is 593. The van der Waals surface area contributed by atoms with Gasteiger partial charge in [0.25, 0.3) is 7.37 Å². The van der Waals surface area contributed by atoms with Gasteiger partial charge in [-0.3, -0.25) is 4.57 Å². The number of hydrogen-bond acceptors (Lipinski definition) is 2. The van der Waals surface area contributed by atoms with Gasteiger partial charge in [0.1, 0.15) is 0 Å². The van der Waals surface area contributed by atoms with Crippen LogP contribution in [0.3, 0.4) is 0 Å². The highest BCUT2D eigenvalue weighted by Gasteiger charge is 2.28. The Balaban J connectivity index is 2.66. The Kier molecular flexibility index (Phi) is 4.17. The van der Waals surface area contributed by atoms with E-state index in [0.29, 0.717) is 0 Å². The Morgan fingerprint density at radius 2 is 1.00 bits per heavy atom. The maximum Gasteiger partial charge on any atom is 0.261 e. The van der Waals surface area contributed by atoms with E-state index < -0.39 is 7.37 Å². The summed E-state index contributed by atoms with van der Waals surface area (Å²) in [5.74, 6) is 0. The third-order valence-corrected chi connectivity index (χ3v) is 5.74. The predicted molar refractivity (Wildman–Crippen MR) is 85.7 cm³/mol. The molecule has 0 amide bonds. The van der Waals surface area contributed by atoms with Crippen LogP contribution in [0.1, 0.15) is 22.3 Å². The summed E-state index contributed by atoms with van der Waals surface area (Å²) in [5.41, 5.74) is 4.39. The van der Waals surface area contributed by atoms with Gasteiger partial charge in [0, 0.05) is 17.7 Å². The van der Waals surface area contributed by atoms with Crippen LogP contribution in [0.15, 0.2) is 36.4 Å². The van der Waals surface area contributed by atoms with Gasteiger partial charge in [0.05, 0.1) is 0 Å². The lowest BCUT2D eigenvalue weighted by atomic mass is 10.2. The summed E-state index contributed by atoms with van der Waals surface area (Å²) in [6.07, 6.45) is 0. The van der Waals surface area contributed by atoms with Crippen LogP contribution in [0.5, 0.6) is 0 Å². The van der Waals surface area contributed by atoms with Crippen molar-refractivity contribution in [3.05, 3.63) is 58.7 Å². The molecule has 0 bridgehead atoms. The maximum atomic E-state index is 13.4. The molecule has 20 heavy (non-hydrogen) atoms. The van der Waals surface area contributed by atoms with Crippen LogP contribution in [0, 0.1) is 27.7 Å². The number of aryl methyl sites for hydroxylation is 4. The van der Waals surface area contributed by atoms with Crippen LogP contribution in [-0.2, 0) is 9.09 Å². The highest BCUT2D eigenvalue weighted by atomic mass is 31.2. The van der Waals surface area contributed by atoms with Crippen LogP contribution in [0.4, 0.5) is 0 Å². The molecule has 0 aliphatic rings. The first-order valence-corrected chi connectivity index (χ1v) is 8.31. The lowest BCUT2D eigenvalue weighted by Gasteiger charge is -2.19. The molecule has 0 atom stereocenters. The van der Waals surface area contributed by atoms with E-state index in [1.54, 1.807) is 0 Å². The van der Waals surface area contributed by atoms with E-state index in [2.05, 4.69) is 12.1 Å². The van der Waals surface area contributed by atoms with Crippen molar-refractivity contribution in [3.63, 3.8) is 0 Å². The number of rotatable bonds is 3. The van der Waals surface area contributed by atoms with E-state index in [4.69, 9.17) is 4.52 Å². The Morgan fingerprint density at radius 3 is 1.25 bits per heavy atom. The molecule has 0 fully saturated rings. The normalized spacial score (nSPS) is 11.7. The Hall–Kier alpha value is -1.37. The molecule has 2 rings (SSSR count). The van der Waals surface area contributed by atoms with Gasteiger partial charge >= 0.3 is 0 Å². The fraction of sp³-hybridized carbons (Fsp3) is 0.294. The van der Waals surface area contributed by atoms with Crippen LogP contribution in [0.2, 0.25) is 0 Å². The predicted octanol–water partition coefficient (Wildman–Crippen LogP) is 3.80. The first kappa shape index (κ1) is 15.0. The van der Waals surface area contributed by atoms with Crippen LogP contribution < -0.4 is 10.6 Å². The lowest BCUT2D eigenvalue weighted by molar-refractivity contribution is 0.412. The van der Waals surface area contributed by atoms with Gasteiger partial charge in [-0.05, 0) is 52.0 Å². The van der Waals surface area contributed by atoms with Crippen molar-refractivity contribution in [2.75, 3.05) is 7.11 Å². The second kappa shape index (κ2) is 5.55. The highest BCUT2D eigenvalue weighted by molar-refractivity contribution is 7.74. The monoisotopic (exact) mass is 288 g/mol. The van der Waals surface area contributed by atoms with Crippen molar-refractivity contribution in [3.8, 4) is 0 Å². The second-order valence-electron chi connectivity index (χ2n) is 5.43. The van der Waals surface area contributed by atoms with Gasteiger partial charge in [-0.1, -0.05) is 34.4 Å². The summed E-state index contributed by atoms with van der Waals surface area (Å²) in [5, 5.41) is 1.53. The maximum absolute atomic E-state index is 13.4. The molecule has 2 aromatic rings. The van der Waals surface area contributed by atoms with Gasteiger partial charge in [-0.25, -0.2) is 0 Å². The average Bonchev–Trinajstić information content (AvgIpc) is 2.35. The van der Waals surface area contributed by atoms with E-state index in [0.717, 1.165) is 32.9 Å². The van der Waals surface area contributed by atoms with Crippen molar-refractivity contribution in [1.29, 1.82) is 0 Å². The van der Waals surface area contributed by atoms with Crippen molar-refractivity contribution >= 4 is 18.0 Å². The third-order valence-electron chi connectivity index (χ3n) is 3.35. The molecule has 0 unspecified atom stereocenters. The smallest absolute Gasteiger partial charge is 0.261 e. The summed E-state index contributed by atoms with van der Waals surface area (Å²) in [4.78, 5) is 0. The quantitative estimate of drug-likeness (QED) is 0.803. The molecule has 0 aliphatic carbocycles. The minimum atomic E-state index is -3.01. The highest BCUT2D eigenvalue weighted by Crippen LogP contribution is 2.44. The van der Waals surface area contributed by atoms with Gasteiger partial charge in [-0.15, -0.1) is 0 Å². The number of hydrogen-bond donors (Lipinski definition) is 0. The third kappa shape index (κ3) is 2.87. The van der Waals surface area contributed by atoms with Crippen LogP contribution in [0.25, 0.3) is 0 Å². The van der Waals surface area contributed by atoms with Crippen LogP contribution >= 0.6 is 7.37 Å². The summed E-state index contributed by atoms with van der Waals surface area (Å²) >= 11 is 0. The van der Waals surface area contributed by atoms with Crippen molar-refractivity contribution in [2.24, 2.45) is 0 Å². The summed E-state index contributed by atoms with van der Waals surface area (Å²) in [7, 11) is -1.49. The molecule has 0 N–H and O–H groups in total. The lowest BCUT2D eigenvalue weighted by Crippen LogP contribution is -2.18. The summed E-state index contributed by atoms with van der Waals surface area (Å²) in [6, 6.07) is 12.0. The van der Waals surface area contributed by atoms with Crippen molar-refractivity contribution in [1.82, 2.24) is 0 Å². The topological polar surface area (TPSA) is 26.3 Å². The van der Waals surface area contributed by atoms with Gasteiger partial charge in [0.15, 0.2) is 0 Å². The molecule has 3 heteroatoms. The molecule has 0 saturated carbocycles. The van der Waals surface area contributed by atoms with Gasteiger partial charge < -0.3 is 4.52 Å². The van der Waals surface area contributed by atoms with Crippen molar-refractivity contribution < 1.29 is 9.09 Å². The molecule has 0 heterocycles. The Labute approximate surface area is 121 Å². The van der Waals surface area contributed by atoms with Crippen molar-refractivity contribution in [2.45, 2.75) is 27.7 Å². The molecule has 0 aliphatic heterocycles. The molecule has 0 spiro atoms. The molecule has 2 aromatic carbocycles.